The van der Waals surface area contributed by atoms with Gasteiger partial charge < -0.3 is 15.4 Å². The molecule has 1 aromatic carbocycles. The molecule has 0 saturated carbocycles. The van der Waals surface area contributed by atoms with Crippen molar-refractivity contribution in [2.24, 2.45) is 0 Å². The molecule has 1 aromatic rings. The van der Waals surface area contributed by atoms with Crippen LogP contribution in [-0.4, -0.2) is 31.2 Å². The van der Waals surface area contributed by atoms with E-state index in [0.717, 1.165) is 49.2 Å². The lowest BCUT2D eigenvalue weighted by atomic mass is 10.0. The summed E-state index contributed by atoms with van der Waals surface area (Å²) in [7, 11) is 0. The number of ether oxygens (including phenoxy) is 1. The fourth-order valence-electron chi connectivity index (χ4n) is 2.66. The standard InChI is InChI=1S/C17H26N2O2/c1-4-8-18-16-6-5-14(10-12(16)2)17(20)19-15-7-9-21-13(3)11-15/h5-6,10,13,15,18H,4,7-9,11H2,1-3H3,(H,19,20). The lowest BCUT2D eigenvalue weighted by molar-refractivity contribution is 0.0136. The summed E-state index contributed by atoms with van der Waals surface area (Å²) in [6.07, 6.45) is 3.10. The molecule has 21 heavy (non-hydrogen) atoms. The zero-order valence-corrected chi connectivity index (χ0v) is 13.2. The number of aryl methyl sites for hydroxylation is 1. The van der Waals surface area contributed by atoms with Crippen molar-refractivity contribution in [1.82, 2.24) is 5.32 Å². The van der Waals surface area contributed by atoms with Crippen molar-refractivity contribution in [3.8, 4) is 0 Å². The van der Waals surface area contributed by atoms with Gasteiger partial charge in [0, 0.05) is 30.4 Å². The molecule has 1 aliphatic heterocycles. The first-order valence-electron chi connectivity index (χ1n) is 7.87. The molecule has 0 bridgehead atoms. The van der Waals surface area contributed by atoms with E-state index in [2.05, 4.69) is 24.5 Å². The van der Waals surface area contributed by atoms with Crippen molar-refractivity contribution in [2.75, 3.05) is 18.5 Å². The molecule has 0 spiro atoms. The van der Waals surface area contributed by atoms with Crippen LogP contribution in [0.15, 0.2) is 18.2 Å². The number of anilines is 1. The van der Waals surface area contributed by atoms with E-state index in [9.17, 15) is 4.79 Å². The number of benzene rings is 1. The second-order valence-electron chi connectivity index (χ2n) is 5.83. The third-order valence-corrected chi connectivity index (χ3v) is 3.87. The molecule has 2 rings (SSSR count). The van der Waals surface area contributed by atoms with Crippen LogP contribution in [0.4, 0.5) is 5.69 Å². The monoisotopic (exact) mass is 290 g/mol. The average Bonchev–Trinajstić information content (AvgIpc) is 2.46. The first-order valence-corrected chi connectivity index (χ1v) is 7.87. The molecule has 2 N–H and O–H groups in total. The Labute approximate surface area is 127 Å². The van der Waals surface area contributed by atoms with E-state index in [1.165, 1.54) is 0 Å². The van der Waals surface area contributed by atoms with E-state index >= 15 is 0 Å². The van der Waals surface area contributed by atoms with Crippen molar-refractivity contribution >= 4 is 11.6 Å². The Balaban J connectivity index is 1.97. The molecule has 0 aromatic heterocycles. The number of carbonyl (C=O) groups is 1. The van der Waals surface area contributed by atoms with Gasteiger partial charge in [0.05, 0.1) is 6.10 Å². The molecule has 0 aliphatic carbocycles. The Morgan fingerprint density at radius 3 is 2.90 bits per heavy atom. The van der Waals surface area contributed by atoms with Crippen molar-refractivity contribution < 1.29 is 9.53 Å². The number of hydrogen-bond acceptors (Lipinski definition) is 3. The molecule has 1 aliphatic rings. The van der Waals surface area contributed by atoms with Gasteiger partial charge in [-0.25, -0.2) is 0 Å². The van der Waals surface area contributed by atoms with E-state index < -0.39 is 0 Å². The van der Waals surface area contributed by atoms with Crippen LogP contribution in [-0.2, 0) is 4.74 Å². The van der Waals surface area contributed by atoms with Crippen molar-refractivity contribution in [3.63, 3.8) is 0 Å². The highest BCUT2D eigenvalue weighted by Crippen LogP contribution is 2.18. The Kier molecular flexibility index (Phi) is 5.62. The van der Waals surface area contributed by atoms with Crippen molar-refractivity contribution in [2.45, 2.75) is 52.2 Å². The molecule has 1 amide bonds. The molecule has 1 fully saturated rings. The van der Waals surface area contributed by atoms with E-state index in [-0.39, 0.29) is 18.1 Å². The first-order chi connectivity index (χ1) is 10.1. The van der Waals surface area contributed by atoms with Gasteiger partial charge in [0.15, 0.2) is 0 Å². The van der Waals surface area contributed by atoms with Gasteiger partial charge in [-0.05, 0) is 56.9 Å². The summed E-state index contributed by atoms with van der Waals surface area (Å²) < 4.78 is 5.51. The number of carbonyl (C=O) groups excluding carboxylic acids is 1. The molecule has 4 nitrogen and oxygen atoms in total. The van der Waals surface area contributed by atoms with E-state index in [1.54, 1.807) is 0 Å². The minimum absolute atomic E-state index is 0.0132. The van der Waals surface area contributed by atoms with Gasteiger partial charge in [0.1, 0.15) is 0 Å². The smallest absolute Gasteiger partial charge is 0.251 e. The highest BCUT2D eigenvalue weighted by Gasteiger charge is 2.21. The van der Waals surface area contributed by atoms with Gasteiger partial charge >= 0.3 is 0 Å². The Morgan fingerprint density at radius 1 is 1.43 bits per heavy atom. The molecule has 1 saturated heterocycles. The Bertz CT molecular complexity index is 488. The summed E-state index contributed by atoms with van der Waals surface area (Å²) >= 11 is 0. The lowest BCUT2D eigenvalue weighted by Crippen LogP contribution is -2.41. The largest absolute Gasteiger partial charge is 0.385 e. The first kappa shape index (κ1) is 15.8. The summed E-state index contributed by atoms with van der Waals surface area (Å²) in [5.74, 6) is 0.0132. The summed E-state index contributed by atoms with van der Waals surface area (Å²) in [6.45, 7) is 7.90. The topological polar surface area (TPSA) is 50.4 Å². The second-order valence-corrected chi connectivity index (χ2v) is 5.83. The van der Waals surface area contributed by atoms with Gasteiger partial charge in [-0.2, -0.15) is 0 Å². The fourth-order valence-corrected chi connectivity index (χ4v) is 2.66. The van der Waals surface area contributed by atoms with Gasteiger partial charge in [0.25, 0.3) is 5.91 Å². The van der Waals surface area contributed by atoms with Gasteiger partial charge in [-0.1, -0.05) is 6.92 Å². The summed E-state index contributed by atoms with van der Waals surface area (Å²) in [5, 5.41) is 6.48. The van der Waals surface area contributed by atoms with Crippen LogP contribution in [0.2, 0.25) is 0 Å². The average molecular weight is 290 g/mol. The second kappa shape index (κ2) is 7.46. The van der Waals surface area contributed by atoms with Crippen LogP contribution in [0.1, 0.15) is 49.0 Å². The molecule has 4 heteroatoms. The van der Waals surface area contributed by atoms with Crippen LogP contribution in [0, 0.1) is 6.92 Å². The highest BCUT2D eigenvalue weighted by molar-refractivity contribution is 5.95. The van der Waals surface area contributed by atoms with Crippen molar-refractivity contribution in [3.05, 3.63) is 29.3 Å². The predicted molar refractivity (Wildman–Crippen MR) is 85.9 cm³/mol. The van der Waals surface area contributed by atoms with E-state index in [4.69, 9.17) is 4.74 Å². The minimum atomic E-state index is 0.0132. The molecule has 2 unspecified atom stereocenters. The molecule has 2 atom stereocenters. The predicted octanol–water partition coefficient (Wildman–Crippen LogP) is 3.11. The summed E-state index contributed by atoms with van der Waals surface area (Å²) in [6, 6.07) is 6.06. The Morgan fingerprint density at radius 2 is 2.24 bits per heavy atom. The van der Waals surface area contributed by atoms with Crippen LogP contribution >= 0.6 is 0 Å². The molecular formula is C17H26N2O2. The minimum Gasteiger partial charge on any atom is -0.385 e. The van der Waals surface area contributed by atoms with Gasteiger partial charge in [-0.15, -0.1) is 0 Å². The van der Waals surface area contributed by atoms with E-state index in [1.807, 2.05) is 25.1 Å². The normalized spacial score (nSPS) is 21.9. The maximum Gasteiger partial charge on any atom is 0.251 e. The molecule has 1 heterocycles. The number of hydrogen-bond donors (Lipinski definition) is 2. The van der Waals surface area contributed by atoms with Crippen LogP contribution < -0.4 is 10.6 Å². The highest BCUT2D eigenvalue weighted by atomic mass is 16.5. The van der Waals surface area contributed by atoms with Crippen LogP contribution in [0.5, 0.6) is 0 Å². The SMILES string of the molecule is CCCNc1ccc(C(=O)NC2CCOC(C)C2)cc1C. The summed E-state index contributed by atoms with van der Waals surface area (Å²) in [4.78, 5) is 12.3. The number of rotatable bonds is 5. The van der Waals surface area contributed by atoms with Crippen LogP contribution in [0.3, 0.4) is 0 Å². The quantitative estimate of drug-likeness (QED) is 0.876. The number of nitrogens with one attached hydrogen (secondary N) is 2. The van der Waals surface area contributed by atoms with Gasteiger partial charge in [-0.3, -0.25) is 4.79 Å². The fraction of sp³-hybridized carbons (Fsp3) is 0.588. The van der Waals surface area contributed by atoms with Crippen LogP contribution in [0.25, 0.3) is 0 Å². The number of amides is 1. The molecular weight excluding hydrogens is 264 g/mol. The zero-order chi connectivity index (χ0) is 15.2. The third kappa shape index (κ3) is 4.46. The molecule has 116 valence electrons. The molecule has 0 radical (unpaired) electrons. The summed E-state index contributed by atoms with van der Waals surface area (Å²) in [5.41, 5.74) is 2.94. The Hall–Kier alpha value is -1.55. The maximum absolute atomic E-state index is 12.3. The zero-order valence-electron chi connectivity index (χ0n) is 13.2. The maximum atomic E-state index is 12.3. The van der Waals surface area contributed by atoms with Crippen molar-refractivity contribution in [1.29, 1.82) is 0 Å². The lowest BCUT2D eigenvalue weighted by Gasteiger charge is -2.28. The van der Waals surface area contributed by atoms with E-state index in [0.29, 0.717) is 0 Å². The van der Waals surface area contributed by atoms with Gasteiger partial charge in [0.2, 0.25) is 0 Å². The third-order valence-electron chi connectivity index (χ3n) is 3.87.